The normalized spacial score (nSPS) is 16.1. The maximum Gasteiger partial charge on any atom is 0.325 e. The van der Waals surface area contributed by atoms with E-state index in [1.165, 1.54) is 22.2 Å². The average Bonchev–Trinajstić information content (AvgIpc) is 3.39. The molecule has 5 rings (SSSR count). The third-order valence-corrected chi connectivity index (χ3v) is 6.62. The van der Waals surface area contributed by atoms with Crippen molar-refractivity contribution in [3.05, 3.63) is 71.9 Å². The van der Waals surface area contributed by atoms with Gasteiger partial charge in [-0.25, -0.2) is 27.9 Å². The lowest BCUT2D eigenvalue weighted by molar-refractivity contribution is 0.208. The highest BCUT2D eigenvalue weighted by molar-refractivity contribution is 6.01. The van der Waals surface area contributed by atoms with Crippen molar-refractivity contribution in [3.8, 4) is 11.1 Å². The molecule has 2 amide bonds. The second-order valence-corrected chi connectivity index (χ2v) is 9.03. The number of hydrogen-bond donors (Lipinski definition) is 1. The van der Waals surface area contributed by atoms with Crippen LogP contribution in [0.25, 0.3) is 22.2 Å². The lowest BCUT2D eigenvalue weighted by Gasteiger charge is -2.22. The van der Waals surface area contributed by atoms with E-state index >= 15 is 4.39 Å². The zero-order valence-corrected chi connectivity index (χ0v) is 20.0. The molecule has 1 unspecified atom stereocenters. The quantitative estimate of drug-likeness (QED) is 0.387. The number of rotatable bonds is 5. The Bertz CT molecular complexity index is 1480. The minimum atomic E-state index is -0.707. The van der Waals surface area contributed by atoms with E-state index in [-0.39, 0.29) is 36.1 Å². The summed E-state index contributed by atoms with van der Waals surface area (Å²) in [5.41, 5.74) is 7.96. The summed E-state index contributed by atoms with van der Waals surface area (Å²) in [5, 5.41) is 0.550. The van der Waals surface area contributed by atoms with Gasteiger partial charge in [-0.05, 0) is 57.2 Å². The Morgan fingerprint density at radius 1 is 1.06 bits per heavy atom. The maximum absolute atomic E-state index is 15.6. The Morgan fingerprint density at radius 3 is 2.53 bits per heavy atom. The largest absolute Gasteiger partial charge is 0.383 e. The van der Waals surface area contributed by atoms with Gasteiger partial charge in [-0.3, -0.25) is 4.90 Å². The summed E-state index contributed by atoms with van der Waals surface area (Å²) < 4.78 is 45.8. The van der Waals surface area contributed by atoms with E-state index in [4.69, 9.17) is 5.73 Å². The van der Waals surface area contributed by atoms with Gasteiger partial charge < -0.3 is 15.2 Å². The van der Waals surface area contributed by atoms with Gasteiger partial charge >= 0.3 is 6.03 Å². The highest BCUT2D eigenvalue weighted by Crippen LogP contribution is 2.39. The van der Waals surface area contributed by atoms with Crippen molar-refractivity contribution < 1.29 is 18.0 Å². The number of anilines is 2. The zero-order chi connectivity index (χ0) is 25.7. The second-order valence-electron chi connectivity index (χ2n) is 9.03. The molecule has 2 N–H and O–H groups in total. The standard InChI is InChI=1S/C26H25F3N6O/c1-4-33-22(18-9-15(27)5-8-20(18)28)12-35(26(33)36)16-6-7-17(21(29)10-16)19-11-34(14(2)3)25-23(19)24(30)31-13-32-25/h5-11,13-14,22H,4,12H2,1-3H3,(H2,30,31,32). The average molecular weight is 495 g/mol. The van der Waals surface area contributed by atoms with Crippen molar-refractivity contribution in [1.29, 1.82) is 0 Å². The molecule has 7 nitrogen and oxygen atoms in total. The third-order valence-electron chi connectivity index (χ3n) is 6.62. The minimum Gasteiger partial charge on any atom is -0.383 e. The summed E-state index contributed by atoms with van der Waals surface area (Å²) in [6.45, 7) is 6.06. The van der Waals surface area contributed by atoms with Gasteiger partial charge in [0, 0.05) is 41.2 Å². The Hall–Kier alpha value is -4.08. The monoisotopic (exact) mass is 494 g/mol. The minimum absolute atomic E-state index is 0.0548. The van der Waals surface area contributed by atoms with Crippen LogP contribution in [-0.4, -0.2) is 38.6 Å². The van der Waals surface area contributed by atoms with E-state index in [2.05, 4.69) is 9.97 Å². The number of nitrogen functional groups attached to an aromatic ring is 1. The molecule has 2 aromatic carbocycles. The number of benzene rings is 2. The number of nitrogens with zero attached hydrogens (tertiary/aromatic N) is 5. The van der Waals surface area contributed by atoms with E-state index in [0.29, 0.717) is 22.3 Å². The molecule has 36 heavy (non-hydrogen) atoms. The fourth-order valence-electron chi connectivity index (χ4n) is 4.84. The van der Waals surface area contributed by atoms with Gasteiger partial charge in [0.2, 0.25) is 0 Å². The third kappa shape index (κ3) is 3.73. The molecule has 4 aromatic rings. The molecule has 2 aromatic heterocycles. The SMILES string of the molecule is CCN1C(=O)N(c2ccc(-c3cn(C(C)C)c4ncnc(N)c34)c(F)c2)CC1c1cc(F)ccc1F. The summed E-state index contributed by atoms with van der Waals surface area (Å²) >= 11 is 0. The van der Waals surface area contributed by atoms with Crippen LogP contribution in [-0.2, 0) is 0 Å². The van der Waals surface area contributed by atoms with Crippen LogP contribution >= 0.6 is 0 Å². The molecule has 1 atom stereocenters. The molecule has 1 aliphatic rings. The van der Waals surface area contributed by atoms with Crippen LogP contribution in [0.2, 0.25) is 0 Å². The molecule has 1 aliphatic heterocycles. The highest BCUT2D eigenvalue weighted by Gasteiger charge is 2.39. The number of hydrogen-bond acceptors (Lipinski definition) is 4. The molecule has 10 heteroatoms. The molecule has 0 saturated carbocycles. The topological polar surface area (TPSA) is 80.3 Å². The van der Waals surface area contributed by atoms with Crippen molar-refractivity contribution in [2.45, 2.75) is 32.9 Å². The van der Waals surface area contributed by atoms with E-state index in [1.807, 2.05) is 18.4 Å². The van der Waals surface area contributed by atoms with Gasteiger partial charge in [-0.2, -0.15) is 0 Å². The Morgan fingerprint density at radius 2 is 1.83 bits per heavy atom. The summed E-state index contributed by atoms with van der Waals surface area (Å²) in [6, 6.07) is 6.59. The van der Waals surface area contributed by atoms with Crippen LogP contribution in [0.3, 0.4) is 0 Å². The van der Waals surface area contributed by atoms with Gasteiger partial charge in [0.05, 0.1) is 18.0 Å². The van der Waals surface area contributed by atoms with Crippen LogP contribution in [0.15, 0.2) is 48.9 Å². The van der Waals surface area contributed by atoms with Crippen molar-refractivity contribution in [3.63, 3.8) is 0 Å². The number of carbonyl (C=O) groups is 1. The number of halogens is 3. The summed E-state index contributed by atoms with van der Waals surface area (Å²) in [5.74, 6) is -1.51. The van der Waals surface area contributed by atoms with Gasteiger partial charge in [-0.15, -0.1) is 0 Å². The maximum atomic E-state index is 15.6. The molecule has 1 fully saturated rings. The lowest BCUT2D eigenvalue weighted by Crippen LogP contribution is -2.32. The first-order chi connectivity index (χ1) is 17.2. The molecule has 0 spiro atoms. The molecule has 186 valence electrons. The summed E-state index contributed by atoms with van der Waals surface area (Å²) in [7, 11) is 0. The van der Waals surface area contributed by atoms with Crippen LogP contribution < -0.4 is 10.6 Å². The number of amides is 2. The molecular weight excluding hydrogens is 469 g/mol. The van der Waals surface area contributed by atoms with E-state index < -0.39 is 29.5 Å². The number of likely N-dealkylation sites (N-methyl/N-ethyl adjacent to an activating group) is 1. The lowest BCUT2D eigenvalue weighted by atomic mass is 10.0. The number of carbonyl (C=O) groups excluding carboxylic acids is 1. The first kappa shape index (κ1) is 23.7. The second kappa shape index (κ2) is 8.85. The number of fused-ring (bicyclic) bond motifs is 1. The van der Waals surface area contributed by atoms with Crippen molar-refractivity contribution >= 4 is 28.6 Å². The fourth-order valence-corrected chi connectivity index (χ4v) is 4.84. The Labute approximate surface area is 206 Å². The fraction of sp³-hybridized carbons (Fsp3) is 0.269. The van der Waals surface area contributed by atoms with Crippen LogP contribution in [0.1, 0.15) is 38.4 Å². The van der Waals surface area contributed by atoms with Gasteiger partial charge in [0.25, 0.3) is 0 Å². The van der Waals surface area contributed by atoms with Crippen molar-refractivity contribution in [2.75, 3.05) is 23.7 Å². The van der Waals surface area contributed by atoms with E-state index in [0.717, 1.165) is 18.2 Å². The summed E-state index contributed by atoms with van der Waals surface area (Å²) in [6.07, 6.45) is 3.16. The van der Waals surface area contributed by atoms with Crippen LogP contribution in [0.5, 0.6) is 0 Å². The number of nitrogens with two attached hydrogens (primary N) is 1. The van der Waals surface area contributed by atoms with E-state index in [1.54, 1.807) is 25.3 Å². The Kier molecular flexibility index (Phi) is 5.82. The van der Waals surface area contributed by atoms with Gasteiger partial charge in [0.1, 0.15) is 35.2 Å². The Balaban J connectivity index is 1.54. The predicted molar refractivity (Wildman–Crippen MR) is 132 cm³/mol. The highest BCUT2D eigenvalue weighted by atomic mass is 19.1. The first-order valence-corrected chi connectivity index (χ1v) is 11.6. The van der Waals surface area contributed by atoms with Crippen molar-refractivity contribution in [1.82, 2.24) is 19.4 Å². The van der Waals surface area contributed by atoms with Crippen molar-refractivity contribution in [2.24, 2.45) is 0 Å². The molecule has 0 bridgehead atoms. The molecule has 0 aliphatic carbocycles. The smallest absolute Gasteiger partial charge is 0.325 e. The number of aromatic nitrogens is 3. The van der Waals surface area contributed by atoms with E-state index in [9.17, 15) is 13.6 Å². The predicted octanol–water partition coefficient (Wildman–Crippen LogP) is 5.68. The molecular formula is C26H25F3N6O. The molecule has 0 radical (unpaired) electrons. The van der Waals surface area contributed by atoms with Crippen LogP contribution in [0, 0.1) is 17.5 Å². The molecule has 3 heterocycles. The first-order valence-electron chi connectivity index (χ1n) is 11.6. The summed E-state index contributed by atoms with van der Waals surface area (Å²) in [4.78, 5) is 24.4. The number of urea groups is 1. The molecule has 1 saturated heterocycles. The zero-order valence-electron chi connectivity index (χ0n) is 20.0. The van der Waals surface area contributed by atoms with Gasteiger partial charge in [-0.1, -0.05) is 0 Å². The van der Waals surface area contributed by atoms with Gasteiger partial charge in [0.15, 0.2) is 0 Å². The van der Waals surface area contributed by atoms with Crippen LogP contribution in [0.4, 0.5) is 29.5 Å².